The molecule has 1 N–H and O–H groups in total. The van der Waals surface area contributed by atoms with Crippen molar-refractivity contribution >= 4 is 24.0 Å². The molecule has 1 aromatic heterocycles. The average molecular weight is 366 g/mol. The molecule has 0 amide bonds. The van der Waals surface area contributed by atoms with Crippen LogP contribution >= 0.6 is 24.0 Å². The molecule has 5 heteroatoms. The normalized spacial score (nSPS) is 10.4. The fourth-order valence-corrected chi connectivity index (χ4v) is 2.56. The van der Waals surface area contributed by atoms with Crippen LogP contribution in [0.3, 0.4) is 0 Å². The van der Waals surface area contributed by atoms with Crippen LogP contribution in [0.15, 0.2) is 65.1 Å². The predicted molar refractivity (Wildman–Crippen MR) is 98.2 cm³/mol. The maximum absolute atomic E-state index is 12.8. The Morgan fingerprint density at radius 3 is 2.54 bits per heavy atom. The molecule has 0 saturated heterocycles. The first-order valence-corrected chi connectivity index (χ1v) is 7.88. The molecule has 1 heterocycles. The molecule has 2 aromatic carbocycles. The Bertz CT molecular complexity index is 771. The van der Waals surface area contributed by atoms with Crippen molar-refractivity contribution in [1.29, 1.82) is 0 Å². The van der Waals surface area contributed by atoms with Gasteiger partial charge in [0.25, 0.3) is 0 Å². The number of hydrogen-bond acceptors (Lipinski definition) is 2. The van der Waals surface area contributed by atoms with E-state index < -0.39 is 0 Å². The Balaban J connectivity index is 0.00000208. The van der Waals surface area contributed by atoms with Gasteiger partial charge in [-0.05, 0) is 54.9 Å². The third-order valence-corrected chi connectivity index (χ3v) is 3.81. The lowest BCUT2D eigenvalue weighted by Gasteiger charge is -2.03. The van der Waals surface area contributed by atoms with Gasteiger partial charge >= 0.3 is 0 Å². The second kappa shape index (κ2) is 8.88. The molecule has 0 aliphatic heterocycles. The van der Waals surface area contributed by atoms with Gasteiger partial charge in [0, 0.05) is 10.6 Å². The van der Waals surface area contributed by atoms with Crippen LogP contribution in [0.25, 0.3) is 11.3 Å². The number of rotatable bonds is 6. The van der Waals surface area contributed by atoms with E-state index in [2.05, 4.69) is 5.32 Å². The highest BCUT2D eigenvalue weighted by Crippen LogP contribution is 2.24. The lowest BCUT2D eigenvalue weighted by molar-refractivity contribution is 0.494. The van der Waals surface area contributed by atoms with Crippen LogP contribution < -0.4 is 5.32 Å². The zero-order chi connectivity index (χ0) is 16.1. The van der Waals surface area contributed by atoms with E-state index in [1.165, 1.54) is 12.1 Å². The van der Waals surface area contributed by atoms with Crippen LogP contribution in [0.1, 0.15) is 11.3 Å². The fraction of sp³-hybridized carbons (Fsp3) is 0.158. The summed E-state index contributed by atoms with van der Waals surface area (Å²) in [6, 6.07) is 18.1. The molecule has 126 valence electrons. The molecular weight excluding hydrogens is 348 g/mol. The highest BCUT2D eigenvalue weighted by molar-refractivity contribution is 6.30. The highest BCUT2D eigenvalue weighted by Gasteiger charge is 2.05. The van der Waals surface area contributed by atoms with Crippen LogP contribution in [0, 0.1) is 5.82 Å². The minimum Gasteiger partial charge on any atom is -0.460 e. The Kier molecular flexibility index (Phi) is 6.85. The van der Waals surface area contributed by atoms with E-state index in [1.54, 1.807) is 12.1 Å². The van der Waals surface area contributed by atoms with Gasteiger partial charge in [-0.25, -0.2) is 4.39 Å². The summed E-state index contributed by atoms with van der Waals surface area (Å²) in [6.07, 6.45) is 0.849. The van der Waals surface area contributed by atoms with Gasteiger partial charge in [-0.15, -0.1) is 12.4 Å². The van der Waals surface area contributed by atoms with Gasteiger partial charge in [0.05, 0.1) is 6.54 Å². The minimum atomic E-state index is -0.203. The van der Waals surface area contributed by atoms with Crippen LogP contribution in [-0.4, -0.2) is 6.54 Å². The molecule has 0 atom stereocenters. The van der Waals surface area contributed by atoms with Crippen molar-refractivity contribution in [1.82, 2.24) is 5.32 Å². The van der Waals surface area contributed by atoms with Crippen molar-refractivity contribution in [2.24, 2.45) is 0 Å². The second-order valence-corrected chi connectivity index (χ2v) is 5.77. The van der Waals surface area contributed by atoms with E-state index in [-0.39, 0.29) is 18.2 Å². The van der Waals surface area contributed by atoms with Crippen molar-refractivity contribution in [3.63, 3.8) is 0 Å². The maximum Gasteiger partial charge on any atom is 0.134 e. The third kappa shape index (κ3) is 5.10. The van der Waals surface area contributed by atoms with E-state index in [0.29, 0.717) is 11.6 Å². The van der Waals surface area contributed by atoms with Gasteiger partial charge in [-0.2, -0.15) is 0 Å². The number of furan rings is 1. The predicted octanol–water partition coefficient (Wildman–Crippen LogP) is 5.49. The van der Waals surface area contributed by atoms with Gasteiger partial charge in [0.1, 0.15) is 17.3 Å². The number of hydrogen-bond donors (Lipinski definition) is 1. The lowest BCUT2D eigenvalue weighted by Crippen LogP contribution is -2.16. The molecule has 3 rings (SSSR count). The first-order chi connectivity index (χ1) is 11.2. The molecule has 0 unspecified atom stereocenters. The summed E-state index contributed by atoms with van der Waals surface area (Å²) in [4.78, 5) is 0. The largest absolute Gasteiger partial charge is 0.460 e. The monoisotopic (exact) mass is 365 g/mol. The van der Waals surface area contributed by atoms with Crippen molar-refractivity contribution in [3.8, 4) is 11.3 Å². The summed E-state index contributed by atoms with van der Waals surface area (Å²) >= 11 is 5.99. The van der Waals surface area contributed by atoms with E-state index in [9.17, 15) is 4.39 Å². The lowest BCUT2D eigenvalue weighted by atomic mass is 10.1. The van der Waals surface area contributed by atoms with E-state index in [1.807, 2.05) is 36.4 Å². The number of halogens is 3. The van der Waals surface area contributed by atoms with Crippen LogP contribution in [0.4, 0.5) is 4.39 Å². The molecular formula is C19H18Cl2FNO. The van der Waals surface area contributed by atoms with Crippen molar-refractivity contribution in [2.45, 2.75) is 13.0 Å². The van der Waals surface area contributed by atoms with E-state index in [0.717, 1.165) is 35.6 Å². The average Bonchev–Trinajstić information content (AvgIpc) is 3.02. The highest BCUT2D eigenvalue weighted by atomic mass is 35.5. The van der Waals surface area contributed by atoms with E-state index in [4.69, 9.17) is 16.0 Å². The minimum absolute atomic E-state index is 0. The second-order valence-electron chi connectivity index (χ2n) is 5.33. The smallest absolute Gasteiger partial charge is 0.134 e. The van der Waals surface area contributed by atoms with Crippen molar-refractivity contribution < 1.29 is 8.81 Å². The zero-order valence-corrected chi connectivity index (χ0v) is 14.5. The molecule has 2 nitrogen and oxygen atoms in total. The molecule has 0 fully saturated rings. The van der Waals surface area contributed by atoms with Crippen LogP contribution in [-0.2, 0) is 13.0 Å². The summed E-state index contributed by atoms with van der Waals surface area (Å²) in [5, 5.41) is 4.02. The van der Waals surface area contributed by atoms with Gasteiger partial charge in [0.15, 0.2) is 0 Å². The standard InChI is InChI=1S/C19H17ClFNO.ClH/c20-16-3-1-2-15(12-16)19-9-8-18(23-19)13-22-11-10-14-4-6-17(21)7-5-14;/h1-9,12,22H,10-11,13H2;1H. The SMILES string of the molecule is Cl.Fc1ccc(CCNCc2ccc(-c3cccc(Cl)c3)o2)cc1. The Morgan fingerprint density at radius 1 is 1.00 bits per heavy atom. The van der Waals surface area contributed by atoms with E-state index >= 15 is 0 Å². The first kappa shape index (κ1) is 18.5. The molecule has 0 radical (unpaired) electrons. The van der Waals surface area contributed by atoms with Crippen molar-refractivity contribution in [2.75, 3.05) is 6.54 Å². The molecule has 0 aliphatic carbocycles. The van der Waals surface area contributed by atoms with Gasteiger partial charge in [-0.3, -0.25) is 0 Å². The van der Waals surface area contributed by atoms with Crippen LogP contribution in [0.2, 0.25) is 5.02 Å². The summed E-state index contributed by atoms with van der Waals surface area (Å²) in [6.45, 7) is 1.46. The Morgan fingerprint density at radius 2 is 1.79 bits per heavy atom. The molecule has 24 heavy (non-hydrogen) atoms. The quantitative estimate of drug-likeness (QED) is 0.584. The molecule has 0 spiro atoms. The summed E-state index contributed by atoms with van der Waals surface area (Å²) in [5.74, 6) is 1.48. The zero-order valence-electron chi connectivity index (χ0n) is 13.0. The maximum atomic E-state index is 12.8. The molecule has 0 aliphatic rings. The molecule has 0 saturated carbocycles. The van der Waals surface area contributed by atoms with Crippen molar-refractivity contribution in [3.05, 3.63) is 82.8 Å². The number of benzene rings is 2. The Hall–Kier alpha value is -1.81. The fourth-order valence-electron chi connectivity index (χ4n) is 2.37. The first-order valence-electron chi connectivity index (χ1n) is 7.50. The van der Waals surface area contributed by atoms with Gasteiger partial charge in [-0.1, -0.05) is 35.9 Å². The third-order valence-electron chi connectivity index (χ3n) is 3.57. The topological polar surface area (TPSA) is 25.2 Å². The van der Waals surface area contributed by atoms with Gasteiger partial charge in [0.2, 0.25) is 0 Å². The van der Waals surface area contributed by atoms with Gasteiger partial charge < -0.3 is 9.73 Å². The summed E-state index contributed by atoms with van der Waals surface area (Å²) < 4.78 is 18.6. The van der Waals surface area contributed by atoms with Crippen LogP contribution in [0.5, 0.6) is 0 Å². The number of nitrogens with one attached hydrogen (secondary N) is 1. The Labute approximate surface area is 152 Å². The molecule has 3 aromatic rings. The molecule has 0 bridgehead atoms. The summed E-state index contributed by atoms with van der Waals surface area (Å²) in [5.41, 5.74) is 2.08. The summed E-state index contributed by atoms with van der Waals surface area (Å²) in [7, 11) is 0.